The number of sulfonamides is 1. The molecule has 0 saturated heterocycles. The van der Waals surface area contributed by atoms with Gasteiger partial charge in [-0.15, -0.1) is 0 Å². The van der Waals surface area contributed by atoms with Gasteiger partial charge < -0.3 is 4.74 Å². The first-order valence-corrected chi connectivity index (χ1v) is 14.4. The van der Waals surface area contributed by atoms with Crippen LogP contribution in [0.5, 0.6) is 5.75 Å². The van der Waals surface area contributed by atoms with Crippen LogP contribution in [0.4, 0.5) is 5.69 Å². The molecule has 0 fully saturated rings. The van der Waals surface area contributed by atoms with E-state index in [1.807, 2.05) is 36.4 Å². The van der Waals surface area contributed by atoms with Gasteiger partial charge in [0.05, 0.1) is 24.7 Å². The molecule has 4 aromatic carbocycles. The number of carbonyl (C=O) groups is 1. The van der Waals surface area contributed by atoms with E-state index in [0.717, 1.165) is 17.4 Å². The normalized spacial score (nSPS) is 11.4. The molecule has 0 radical (unpaired) electrons. The Morgan fingerprint density at radius 1 is 0.872 bits per heavy atom. The van der Waals surface area contributed by atoms with Crippen LogP contribution in [-0.4, -0.2) is 26.8 Å². The maximum atomic E-state index is 12.5. The van der Waals surface area contributed by atoms with Crippen molar-refractivity contribution in [2.75, 3.05) is 10.6 Å². The molecule has 0 spiro atoms. The van der Waals surface area contributed by atoms with Gasteiger partial charge in [-0.05, 0) is 71.8 Å². The molecular weight excluding hydrogens is 557 g/mol. The Morgan fingerprint density at radius 2 is 1.46 bits per heavy atom. The third kappa shape index (κ3) is 7.83. The molecule has 0 saturated carbocycles. The number of rotatable bonds is 10. The first-order valence-electron chi connectivity index (χ1n) is 11.8. The van der Waals surface area contributed by atoms with Crippen molar-refractivity contribution >= 4 is 51.0 Å². The first-order chi connectivity index (χ1) is 18.7. The molecule has 0 bridgehead atoms. The Balaban J connectivity index is 1.34. The number of hydrogen-bond acceptors (Lipinski definition) is 5. The van der Waals surface area contributed by atoms with Crippen LogP contribution < -0.4 is 14.5 Å². The zero-order valence-corrected chi connectivity index (χ0v) is 23.2. The monoisotopic (exact) mass is 581 g/mol. The number of nitrogens with one attached hydrogen (secondary N) is 1. The molecule has 39 heavy (non-hydrogen) atoms. The van der Waals surface area contributed by atoms with Crippen LogP contribution in [0, 0.1) is 0 Å². The number of ether oxygens (including phenoxy) is 1. The average molecular weight is 583 g/mol. The minimum Gasteiger partial charge on any atom is -0.489 e. The maximum Gasteiger partial charge on any atom is 0.271 e. The van der Waals surface area contributed by atoms with Gasteiger partial charge in [-0.1, -0.05) is 59.6 Å². The van der Waals surface area contributed by atoms with E-state index >= 15 is 0 Å². The Hall–Kier alpha value is -3.85. The van der Waals surface area contributed by atoms with Gasteiger partial charge in [0.15, 0.2) is 0 Å². The summed E-state index contributed by atoms with van der Waals surface area (Å²) in [5.74, 6) is 0.239. The number of amides is 1. The van der Waals surface area contributed by atoms with Gasteiger partial charge >= 0.3 is 0 Å². The van der Waals surface area contributed by atoms with Crippen molar-refractivity contribution < 1.29 is 17.9 Å². The number of halogens is 2. The van der Waals surface area contributed by atoms with Crippen LogP contribution in [0.2, 0.25) is 10.0 Å². The molecule has 7 nitrogen and oxygen atoms in total. The minimum absolute atomic E-state index is 0.0676. The molecule has 200 valence electrons. The average Bonchev–Trinajstić information content (AvgIpc) is 2.92. The van der Waals surface area contributed by atoms with Gasteiger partial charge in [0, 0.05) is 21.2 Å². The molecule has 0 aliphatic carbocycles. The van der Waals surface area contributed by atoms with Crippen molar-refractivity contribution in [2.45, 2.75) is 13.2 Å². The summed E-state index contributed by atoms with van der Waals surface area (Å²) < 4.78 is 31.9. The number of nitrogens with zero attached hydrogens (tertiary/aromatic N) is 2. The second kappa shape index (κ2) is 12.8. The molecule has 0 heterocycles. The van der Waals surface area contributed by atoms with Gasteiger partial charge in [0.2, 0.25) is 10.0 Å². The summed E-state index contributed by atoms with van der Waals surface area (Å²) in [6, 6.07) is 28.0. The summed E-state index contributed by atoms with van der Waals surface area (Å²) in [6.45, 7) is 0.419. The molecule has 1 amide bonds. The molecule has 0 aromatic heterocycles. The van der Waals surface area contributed by atoms with Gasteiger partial charge in [-0.2, -0.15) is 5.10 Å². The van der Waals surface area contributed by atoms with Gasteiger partial charge in [-0.25, -0.2) is 13.8 Å². The molecule has 0 aliphatic rings. The zero-order chi connectivity index (χ0) is 27.8. The molecule has 0 atom stereocenters. The van der Waals surface area contributed by atoms with Crippen LogP contribution in [0.1, 0.15) is 27.0 Å². The van der Waals surface area contributed by atoms with E-state index in [2.05, 4.69) is 10.5 Å². The quantitative estimate of drug-likeness (QED) is 0.176. The lowest BCUT2D eigenvalue weighted by molar-refractivity contribution is 0.0955. The van der Waals surface area contributed by atoms with E-state index in [1.165, 1.54) is 22.7 Å². The highest BCUT2D eigenvalue weighted by Crippen LogP contribution is 2.24. The largest absolute Gasteiger partial charge is 0.489 e. The van der Waals surface area contributed by atoms with E-state index in [-0.39, 0.29) is 6.54 Å². The fraction of sp³-hybridized carbons (Fsp3) is 0.103. The molecule has 0 aliphatic heterocycles. The van der Waals surface area contributed by atoms with Crippen molar-refractivity contribution in [2.24, 2.45) is 5.10 Å². The van der Waals surface area contributed by atoms with E-state index in [9.17, 15) is 13.2 Å². The van der Waals surface area contributed by atoms with Gasteiger partial charge in [-0.3, -0.25) is 9.10 Å². The summed E-state index contributed by atoms with van der Waals surface area (Å²) in [7, 11) is -3.60. The summed E-state index contributed by atoms with van der Waals surface area (Å²) >= 11 is 12.4. The number of hydrogen-bond donors (Lipinski definition) is 1. The van der Waals surface area contributed by atoms with Crippen LogP contribution in [-0.2, 0) is 23.2 Å². The van der Waals surface area contributed by atoms with Gasteiger partial charge in [0.25, 0.3) is 5.91 Å². The van der Waals surface area contributed by atoms with Crippen LogP contribution >= 0.6 is 23.2 Å². The summed E-state index contributed by atoms with van der Waals surface area (Å²) in [5.41, 5.74) is 5.54. The standard InChI is InChI=1S/C29H25Cl2N3O4S/c1-39(36,37)34(19-23-6-2-4-8-27(23)30)25-14-12-22(13-15-25)29(35)33-32-18-21-10-16-26(17-11-21)38-20-24-7-3-5-9-28(24)31/h2-18H,19-20H2,1H3,(H,33,35)/b32-18-. The lowest BCUT2D eigenvalue weighted by atomic mass is 10.2. The molecular formula is C29H25Cl2N3O4S. The highest BCUT2D eigenvalue weighted by atomic mass is 35.5. The van der Waals surface area contributed by atoms with E-state index in [1.54, 1.807) is 48.5 Å². The Morgan fingerprint density at radius 3 is 2.05 bits per heavy atom. The van der Waals surface area contributed by atoms with Crippen molar-refractivity contribution in [1.29, 1.82) is 0 Å². The van der Waals surface area contributed by atoms with Crippen molar-refractivity contribution in [3.8, 4) is 5.75 Å². The SMILES string of the molecule is CS(=O)(=O)N(Cc1ccccc1Cl)c1ccc(C(=O)N/N=C\c2ccc(OCc3ccccc3Cl)cc2)cc1. The number of hydrazone groups is 1. The Bertz CT molecular complexity index is 1580. The van der Waals surface area contributed by atoms with Crippen LogP contribution in [0.25, 0.3) is 0 Å². The third-order valence-electron chi connectivity index (χ3n) is 5.70. The molecule has 4 aromatic rings. The predicted octanol–water partition coefficient (Wildman–Crippen LogP) is 6.30. The lowest BCUT2D eigenvalue weighted by Crippen LogP contribution is -2.29. The lowest BCUT2D eigenvalue weighted by Gasteiger charge is -2.23. The number of benzene rings is 4. The molecule has 4 rings (SSSR count). The zero-order valence-electron chi connectivity index (χ0n) is 20.9. The van der Waals surface area contributed by atoms with Crippen LogP contribution in [0.3, 0.4) is 0 Å². The number of anilines is 1. The highest BCUT2D eigenvalue weighted by Gasteiger charge is 2.19. The van der Waals surface area contributed by atoms with Crippen molar-refractivity contribution in [3.63, 3.8) is 0 Å². The van der Waals surface area contributed by atoms with E-state index in [4.69, 9.17) is 27.9 Å². The molecule has 10 heteroatoms. The topological polar surface area (TPSA) is 88.1 Å². The minimum atomic E-state index is -3.60. The second-order valence-electron chi connectivity index (χ2n) is 8.56. The van der Waals surface area contributed by atoms with Crippen LogP contribution in [0.15, 0.2) is 102 Å². The van der Waals surface area contributed by atoms with Gasteiger partial charge in [0.1, 0.15) is 12.4 Å². The summed E-state index contributed by atoms with van der Waals surface area (Å²) in [4.78, 5) is 12.5. The highest BCUT2D eigenvalue weighted by molar-refractivity contribution is 7.92. The second-order valence-corrected chi connectivity index (χ2v) is 11.3. The fourth-order valence-electron chi connectivity index (χ4n) is 3.62. The van der Waals surface area contributed by atoms with Crippen molar-refractivity contribution in [1.82, 2.24) is 5.43 Å². The molecule has 1 N–H and O–H groups in total. The van der Waals surface area contributed by atoms with E-state index in [0.29, 0.717) is 39.2 Å². The third-order valence-corrected chi connectivity index (χ3v) is 7.58. The Kier molecular flexibility index (Phi) is 9.24. The summed E-state index contributed by atoms with van der Waals surface area (Å²) in [5, 5.41) is 5.13. The summed E-state index contributed by atoms with van der Waals surface area (Å²) in [6.07, 6.45) is 2.63. The smallest absolute Gasteiger partial charge is 0.271 e. The predicted molar refractivity (Wildman–Crippen MR) is 156 cm³/mol. The van der Waals surface area contributed by atoms with E-state index < -0.39 is 15.9 Å². The first kappa shape index (κ1) is 28.2. The fourth-order valence-corrected chi connectivity index (χ4v) is 4.88. The van der Waals surface area contributed by atoms with Crippen molar-refractivity contribution in [3.05, 3.63) is 129 Å². The maximum absolute atomic E-state index is 12.5. The molecule has 0 unspecified atom stereocenters. The number of carbonyl (C=O) groups excluding carboxylic acids is 1. The Labute approximate surface area is 237 Å².